The normalized spacial score (nSPS) is 10.9. The molecule has 0 spiro atoms. The first kappa shape index (κ1) is 11.0. The first-order valence-corrected chi connectivity index (χ1v) is 6.31. The van der Waals surface area contributed by atoms with Crippen molar-refractivity contribution < 1.29 is 0 Å². The van der Waals surface area contributed by atoms with Crippen LogP contribution in [0.2, 0.25) is 0 Å². The fourth-order valence-electron chi connectivity index (χ4n) is 1.71. The fraction of sp³-hybridized carbons (Fsp3) is 0. The van der Waals surface area contributed by atoms with Crippen LogP contribution in [0.15, 0.2) is 52.5 Å². The van der Waals surface area contributed by atoms with Gasteiger partial charge in [0.15, 0.2) is 5.16 Å². The number of aromatic nitrogens is 2. The molecule has 0 atom stereocenters. The van der Waals surface area contributed by atoms with Crippen molar-refractivity contribution in [3.8, 4) is 0 Å². The van der Waals surface area contributed by atoms with Crippen molar-refractivity contribution in [1.82, 2.24) is 9.97 Å². The Morgan fingerprint density at radius 3 is 2.61 bits per heavy atom. The summed E-state index contributed by atoms with van der Waals surface area (Å²) in [5.41, 5.74) is 14.7. The number of para-hydroxylation sites is 2. The molecule has 18 heavy (non-hydrogen) atoms. The first-order chi connectivity index (χ1) is 8.72. The van der Waals surface area contributed by atoms with Crippen LogP contribution in [0.4, 0.5) is 11.4 Å². The SMILES string of the molecule is Nc1ccc(Sc2nc3ccccc3[nH]2)cc1N. The van der Waals surface area contributed by atoms with Crippen molar-refractivity contribution in [3.63, 3.8) is 0 Å². The monoisotopic (exact) mass is 256 g/mol. The Bertz CT molecular complexity index is 672. The third-order valence-electron chi connectivity index (χ3n) is 2.64. The van der Waals surface area contributed by atoms with Crippen LogP contribution in [0, 0.1) is 0 Å². The van der Waals surface area contributed by atoms with E-state index in [0.29, 0.717) is 11.4 Å². The highest BCUT2D eigenvalue weighted by atomic mass is 32.2. The standard InChI is InChI=1S/C13H12N4S/c14-9-6-5-8(7-10(9)15)18-13-16-11-3-1-2-4-12(11)17-13/h1-7H,14-15H2,(H,16,17). The summed E-state index contributed by atoms with van der Waals surface area (Å²) in [7, 11) is 0. The number of hydrogen-bond acceptors (Lipinski definition) is 4. The van der Waals surface area contributed by atoms with E-state index in [4.69, 9.17) is 11.5 Å². The van der Waals surface area contributed by atoms with Crippen molar-refractivity contribution in [2.24, 2.45) is 0 Å². The van der Waals surface area contributed by atoms with Crippen LogP contribution in [0.5, 0.6) is 0 Å². The highest BCUT2D eigenvalue weighted by Crippen LogP contribution is 2.30. The Morgan fingerprint density at radius 2 is 1.83 bits per heavy atom. The molecule has 0 amide bonds. The third kappa shape index (κ3) is 2.00. The summed E-state index contributed by atoms with van der Waals surface area (Å²) < 4.78 is 0. The minimum absolute atomic E-state index is 0.594. The van der Waals surface area contributed by atoms with Crippen LogP contribution in [0.3, 0.4) is 0 Å². The van der Waals surface area contributed by atoms with Gasteiger partial charge >= 0.3 is 0 Å². The summed E-state index contributed by atoms with van der Waals surface area (Å²) in [5.74, 6) is 0. The fourth-order valence-corrected chi connectivity index (χ4v) is 2.56. The van der Waals surface area contributed by atoms with E-state index in [1.165, 1.54) is 11.8 Å². The summed E-state index contributed by atoms with van der Waals surface area (Å²) in [5, 5.41) is 0.848. The van der Waals surface area contributed by atoms with E-state index in [9.17, 15) is 0 Å². The summed E-state index contributed by atoms with van der Waals surface area (Å²) >= 11 is 1.53. The molecule has 0 radical (unpaired) electrons. The van der Waals surface area contributed by atoms with Gasteiger partial charge in [0, 0.05) is 4.90 Å². The van der Waals surface area contributed by atoms with Crippen LogP contribution in [-0.4, -0.2) is 9.97 Å². The van der Waals surface area contributed by atoms with E-state index in [2.05, 4.69) is 9.97 Å². The van der Waals surface area contributed by atoms with Gasteiger partial charge in [0.05, 0.1) is 22.4 Å². The second-order valence-corrected chi connectivity index (χ2v) is 5.01. The molecule has 0 aliphatic heterocycles. The maximum Gasteiger partial charge on any atom is 0.171 e. The molecular weight excluding hydrogens is 244 g/mol. The predicted octanol–water partition coefficient (Wildman–Crippen LogP) is 2.88. The molecule has 1 heterocycles. The highest BCUT2D eigenvalue weighted by molar-refractivity contribution is 7.99. The molecule has 4 nitrogen and oxygen atoms in total. The zero-order valence-electron chi connectivity index (χ0n) is 9.55. The zero-order chi connectivity index (χ0) is 12.5. The molecular formula is C13H12N4S. The number of benzene rings is 2. The van der Waals surface area contributed by atoms with Gasteiger partial charge in [0.2, 0.25) is 0 Å². The molecule has 0 fully saturated rings. The van der Waals surface area contributed by atoms with Crippen LogP contribution in [0.25, 0.3) is 11.0 Å². The second-order valence-electron chi connectivity index (χ2n) is 3.95. The maximum absolute atomic E-state index is 5.78. The van der Waals surface area contributed by atoms with Crippen molar-refractivity contribution in [3.05, 3.63) is 42.5 Å². The van der Waals surface area contributed by atoms with Crippen LogP contribution in [-0.2, 0) is 0 Å². The van der Waals surface area contributed by atoms with Crippen LogP contribution >= 0.6 is 11.8 Å². The lowest BCUT2D eigenvalue weighted by atomic mass is 10.3. The maximum atomic E-state index is 5.78. The molecule has 0 bridgehead atoms. The van der Waals surface area contributed by atoms with E-state index in [1.54, 1.807) is 6.07 Å². The first-order valence-electron chi connectivity index (χ1n) is 5.50. The Labute approximate surface area is 108 Å². The number of aromatic amines is 1. The number of nitrogens with two attached hydrogens (primary N) is 2. The number of nitrogens with one attached hydrogen (secondary N) is 1. The van der Waals surface area contributed by atoms with E-state index >= 15 is 0 Å². The smallest absolute Gasteiger partial charge is 0.171 e. The van der Waals surface area contributed by atoms with Gasteiger partial charge in [-0.15, -0.1) is 0 Å². The molecule has 0 saturated carbocycles. The Balaban J connectivity index is 1.93. The lowest BCUT2D eigenvalue weighted by molar-refractivity contribution is 1.08. The highest BCUT2D eigenvalue weighted by Gasteiger charge is 2.05. The zero-order valence-corrected chi connectivity index (χ0v) is 10.4. The average Bonchev–Trinajstić information content (AvgIpc) is 2.76. The third-order valence-corrected chi connectivity index (χ3v) is 3.52. The number of H-pyrrole nitrogens is 1. The van der Waals surface area contributed by atoms with Crippen molar-refractivity contribution in [2.45, 2.75) is 10.1 Å². The van der Waals surface area contributed by atoms with Crippen LogP contribution in [0.1, 0.15) is 0 Å². The average molecular weight is 256 g/mol. The molecule has 5 heteroatoms. The van der Waals surface area contributed by atoms with Gasteiger partial charge in [-0.25, -0.2) is 4.98 Å². The lowest BCUT2D eigenvalue weighted by Crippen LogP contribution is -1.93. The van der Waals surface area contributed by atoms with Gasteiger partial charge in [-0.2, -0.15) is 0 Å². The van der Waals surface area contributed by atoms with Crippen molar-refractivity contribution >= 4 is 34.2 Å². The number of fused-ring (bicyclic) bond motifs is 1. The summed E-state index contributed by atoms with van der Waals surface area (Å²) in [6.45, 7) is 0. The molecule has 0 aliphatic rings. The van der Waals surface area contributed by atoms with Gasteiger partial charge in [-0.05, 0) is 30.3 Å². The molecule has 3 aromatic rings. The van der Waals surface area contributed by atoms with Crippen LogP contribution < -0.4 is 11.5 Å². The number of anilines is 2. The molecule has 3 rings (SSSR count). The topological polar surface area (TPSA) is 80.7 Å². The van der Waals surface area contributed by atoms with Gasteiger partial charge in [0.1, 0.15) is 0 Å². The molecule has 90 valence electrons. The Kier molecular flexibility index (Phi) is 2.60. The minimum Gasteiger partial charge on any atom is -0.397 e. The quantitative estimate of drug-likeness (QED) is 0.616. The summed E-state index contributed by atoms with van der Waals surface area (Å²) in [6, 6.07) is 13.5. The summed E-state index contributed by atoms with van der Waals surface area (Å²) in [6.07, 6.45) is 0. The second kappa shape index (κ2) is 4.27. The number of rotatable bonds is 2. The minimum atomic E-state index is 0.594. The van der Waals surface area contributed by atoms with E-state index in [0.717, 1.165) is 21.1 Å². The molecule has 0 unspecified atom stereocenters. The largest absolute Gasteiger partial charge is 0.397 e. The Hall–Kier alpha value is -2.14. The predicted molar refractivity (Wildman–Crippen MR) is 75.5 cm³/mol. The number of imidazole rings is 1. The molecule has 0 saturated heterocycles. The molecule has 2 aromatic carbocycles. The van der Waals surface area contributed by atoms with E-state index < -0.39 is 0 Å². The van der Waals surface area contributed by atoms with Gasteiger partial charge in [-0.3, -0.25) is 0 Å². The number of nitrogens with zero attached hydrogens (tertiary/aromatic N) is 1. The van der Waals surface area contributed by atoms with Gasteiger partial charge in [0.25, 0.3) is 0 Å². The van der Waals surface area contributed by atoms with Gasteiger partial charge in [-0.1, -0.05) is 23.9 Å². The van der Waals surface area contributed by atoms with Crippen molar-refractivity contribution in [2.75, 3.05) is 11.5 Å². The Morgan fingerprint density at radius 1 is 1.00 bits per heavy atom. The number of hydrogen-bond donors (Lipinski definition) is 3. The molecule has 5 N–H and O–H groups in total. The lowest BCUT2D eigenvalue weighted by Gasteiger charge is -2.02. The van der Waals surface area contributed by atoms with E-state index in [-0.39, 0.29) is 0 Å². The molecule has 1 aromatic heterocycles. The van der Waals surface area contributed by atoms with Crippen molar-refractivity contribution in [1.29, 1.82) is 0 Å². The summed E-state index contributed by atoms with van der Waals surface area (Å²) in [4.78, 5) is 8.77. The number of nitrogen functional groups attached to an aromatic ring is 2. The van der Waals surface area contributed by atoms with E-state index in [1.807, 2.05) is 36.4 Å². The van der Waals surface area contributed by atoms with Gasteiger partial charge < -0.3 is 16.5 Å². The molecule has 0 aliphatic carbocycles.